The molecule has 1 amide bonds. The third-order valence-corrected chi connectivity index (χ3v) is 5.01. The van der Waals surface area contributed by atoms with Crippen LogP contribution >= 0.6 is 11.8 Å². The first kappa shape index (κ1) is 16.8. The Morgan fingerprint density at radius 3 is 2.96 bits per heavy atom. The molecule has 0 saturated carbocycles. The van der Waals surface area contributed by atoms with E-state index in [0.29, 0.717) is 10.8 Å². The average Bonchev–Trinajstić information content (AvgIpc) is 3.15. The van der Waals surface area contributed by atoms with Crippen LogP contribution in [0.3, 0.4) is 0 Å². The van der Waals surface area contributed by atoms with Crippen LogP contribution in [0.4, 0.5) is 10.1 Å². The first-order valence-corrected chi connectivity index (χ1v) is 9.30. The van der Waals surface area contributed by atoms with Gasteiger partial charge in [0.1, 0.15) is 5.82 Å². The Bertz CT molecular complexity index is 944. The van der Waals surface area contributed by atoms with Crippen molar-refractivity contribution in [2.45, 2.75) is 18.1 Å². The van der Waals surface area contributed by atoms with Crippen LogP contribution in [-0.4, -0.2) is 28.4 Å². The molecule has 7 heteroatoms. The number of rotatable bonds is 4. The van der Waals surface area contributed by atoms with Gasteiger partial charge in [0.15, 0.2) is 0 Å². The molecule has 2 heterocycles. The van der Waals surface area contributed by atoms with E-state index in [1.807, 2.05) is 23.1 Å². The first-order chi connectivity index (χ1) is 12.7. The number of hydrogen-bond acceptors (Lipinski definition) is 5. The molecule has 1 aromatic heterocycles. The summed E-state index contributed by atoms with van der Waals surface area (Å²) < 4.78 is 18.8. The van der Waals surface area contributed by atoms with Crippen LogP contribution in [-0.2, 0) is 11.2 Å². The van der Waals surface area contributed by atoms with Crippen LogP contribution in [0.2, 0.25) is 0 Å². The Morgan fingerprint density at radius 1 is 1.19 bits per heavy atom. The number of nitrogens with zero attached hydrogens (tertiary/aromatic N) is 3. The number of benzene rings is 2. The third-order valence-electron chi connectivity index (χ3n) is 4.21. The highest BCUT2D eigenvalue weighted by molar-refractivity contribution is 7.99. The van der Waals surface area contributed by atoms with Crippen LogP contribution in [0.15, 0.2) is 58.2 Å². The topological polar surface area (TPSA) is 59.2 Å². The van der Waals surface area contributed by atoms with Crippen LogP contribution in [0, 0.1) is 5.82 Å². The molecule has 0 fully saturated rings. The van der Waals surface area contributed by atoms with Crippen LogP contribution in [0.5, 0.6) is 0 Å². The average molecular weight is 369 g/mol. The fourth-order valence-electron chi connectivity index (χ4n) is 3.00. The zero-order valence-electron chi connectivity index (χ0n) is 13.9. The van der Waals surface area contributed by atoms with E-state index >= 15 is 0 Å². The van der Waals surface area contributed by atoms with Crippen molar-refractivity contribution in [3.8, 4) is 11.5 Å². The van der Waals surface area contributed by atoms with E-state index in [1.165, 1.54) is 29.5 Å². The lowest BCUT2D eigenvalue weighted by Gasteiger charge is -2.29. The van der Waals surface area contributed by atoms with Gasteiger partial charge in [-0.1, -0.05) is 36.0 Å². The van der Waals surface area contributed by atoms with Crippen molar-refractivity contribution in [3.63, 3.8) is 0 Å². The van der Waals surface area contributed by atoms with E-state index < -0.39 is 0 Å². The summed E-state index contributed by atoms with van der Waals surface area (Å²) >= 11 is 1.19. The van der Waals surface area contributed by atoms with Gasteiger partial charge in [-0.15, -0.1) is 10.2 Å². The molecule has 0 atom stereocenters. The Morgan fingerprint density at radius 2 is 2.08 bits per heavy atom. The maximum absolute atomic E-state index is 13.3. The highest BCUT2D eigenvalue weighted by Gasteiger charge is 2.22. The van der Waals surface area contributed by atoms with Crippen molar-refractivity contribution in [1.29, 1.82) is 0 Å². The van der Waals surface area contributed by atoms with E-state index in [2.05, 4.69) is 16.3 Å². The summed E-state index contributed by atoms with van der Waals surface area (Å²) in [6.45, 7) is 0.717. The van der Waals surface area contributed by atoms with E-state index in [0.717, 1.165) is 25.1 Å². The number of anilines is 1. The summed E-state index contributed by atoms with van der Waals surface area (Å²) in [5.41, 5.74) is 2.69. The SMILES string of the molecule is O=C(CSc1nnc(-c2cccc(F)c2)o1)N1CCCc2ccccc21. The van der Waals surface area contributed by atoms with Gasteiger partial charge < -0.3 is 9.32 Å². The molecule has 0 N–H and O–H groups in total. The molecule has 26 heavy (non-hydrogen) atoms. The second-order valence-corrected chi connectivity index (χ2v) is 6.88. The summed E-state index contributed by atoms with van der Waals surface area (Å²) in [6.07, 6.45) is 1.95. The second kappa shape index (κ2) is 7.29. The van der Waals surface area contributed by atoms with E-state index in [-0.39, 0.29) is 23.4 Å². The summed E-state index contributed by atoms with van der Waals surface area (Å²) in [5, 5.41) is 8.16. The smallest absolute Gasteiger partial charge is 0.277 e. The van der Waals surface area contributed by atoms with Crippen molar-refractivity contribution in [2.24, 2.45) is 0 Å². The van der Waals surface area contributed by atoms with Crippen LogP contribution in [0.25, 0.3) is 11.5 Å². The van der Waals surface area contributed by atoms with Gasteiger partial charge in [0.05, 0.1) is 5.75 Å². The number of fused-ring (bicyclic) bond motifs is 1. The first-order valence-electron chi connectivity index (χ1n) is 8.31. The highest BCUT2D eigenvalue weighted by atomic mass is 32.2. The number of aryl methyl sites for hydroxylation is 1. The van der Waals surface area contributed by atoms with Gasteiger partial charge in [0.2, 0.25) is 11.8 Å². The van der Waals surface area contributed by atoms with Crippen molar-refractivity contribution in [1.82, 2.24) is 10.2 Å². The number of aromatic nitrogens is 2. The van der Waals surface area contributed by atoms with E-state index in [4.69, 9.17) is 4.42 Å². The number of carbonyl (C=O) groups excluding carboxylic acids is 1. The van der Waals surface area contributed by atoms with E-state index in [1.54, 1.807) is 12.1 Å². The van der Waals surface area contributed by atoms with Crippen molar-refractivity contribution in [2.75, 3.05) is 17.2 Å². The van der Waals surface area contributed by atoms with Gasteiger partial charge in [-0.25, -0.2) is 4.39 Å². The largest absolute Gasteiger partial charge is 0.411 e. The normalized spacial score (nSPS) is 13.5. The van der Waals surface area contributed by atoms with Gasteiger partial charge in [0.25, 0.3) is 5.22 Å². The number of amides is 1. The molecule has 1 aliphatic rings. The number of para-hydroxylation sites is 1. The molecule has 0 spiro atoms. The molecule has 0 aliphatic carbocycles. The summed E-state index contributed by atoms with van der Waals surface area (Å²) in [5.74, 6) is 0.0864. The zero-order chi connectivity index (χ0) is 17.9. The van der Waals surface area contributed by atoms with Crippen LogP contribution in [0.1, 0.15) is 12.0 Å². The predicted molar refractivity (Wildman–Crippen MR) is 97.5 cm³/mol. The molecule has 0 radical (unpaired) electrons. The monoisotopic (exact) mass is 369 g/mol. The third kappa shape index (κ3) is 3.48. The quantitative estimate of drug-likeness (QED) is 0.652. The molecule has 3 aromatic rings. The Labute approximate surface area is 154 Å². The Hall–Kier alpha value is -2.67. The Balaban J connectivity index is 1.43. The van der Waals surface area contributed by atoms with Gasteiger partial charge >= 0.3 is 0 Å². The van der Waals surface area contributed by atoms with E-state index in [9.17, 15) is 9.18 Å². The fourth-order valence-corrected chi connectivity index (χ4v) is 3.64. The molecular weight excluding hydrogens is 353 g/mol. The molecule has 132 valence electrons. The number of halogens is 1. The van der Waals surface area contributed by atoms with Crippen molar-refractivity contribution >= 4 is 23.4 Å². The second-order valence-electron chi connectivity index (χ2n) is 5.95. The lowest BCUT2D eigenvalue weighted by Crippen LogP contribution is -2.36. The maximum Gasteiger partial charge on any atom is 0.277 e. The molecule has 2 aromatic carbocycles. The molecule has 1 aliphatic heterocycles. The summed E-state index contributed by atoms with van der Waals surface area (Å²) in [7, 11) is 0. The minimum atomic E-state index is -0.367. The molecule has 0 unspecified atom stereocenters. The number of thioether (sulfide) groups is 1. The minimum absolute atomic E-state index is 0.00709. The molecule has 0 saturated heterocycles. The maximum atomic E-state index is 13.3. The standard InChI is InChI=1S/C19H16FN3O2S/c20-15-8-3-6-14(11-15)18-21-22-19(25-18)26-12-17(24)23-10-4-7-13-5-1-2-9-16(13)23/h1-3,5-6,8-9,11H,4,7,10,12H2. The van der Waals surface area contributed by atoms with Crippen LogP contribution < -0.4 is 4.90 Å². The molecule has 5 nitrogen and oxygen atoms in total. The van der Waals surface area contributed by atoms with Gasteiger partial charge in [-0.2, -0.15) is 0 Å². The molecule has 0 bridgehead atoms. The molecule has 4 rings (SSSR count). The minimum Gasteiger partial charge on any atom is -0.411 e. The number of hydrogen-bond donors (Lipinski definition) is 0. The predicted octanol–water partition coefficient (Wildman–Crippen LogP) is 3.95. The van der Waals surface area contributed by atoms with Gasteiger partial charge in [0, 0.05) is 17.8 Å². The lowest BCUT2D eigenvalue weighted by molar-refractivity contribution is -0.116. The van der Waals surface area contributed by atoms with Gasteiger partial charge in [-0.3, -0.25) is 4.79 Å². The zero-order valence-corrected chi connectivity index (χ0v) is 14.7. The Kier molecular flexibility index (Phi) is 4.71. The summed E-state index contributed by atoms with van der Waals surface area (Å²) in [4.78, 5) is 14.4. The van der Waals surface area contributed by atoms with Gasteiger partial charge in [-0.05, 0) is 42.7 Å². The number of carbonyl (C=O) groups is 1. The summed E-state index contributed by atoms with van der Waals surface area (Å²) in [6, 6.07) is 13.9. The lowest BCUT2D eigenvalue weighted by atomic mass is 10.0. The molecular formula is C19H16FN3O2S. The highest BCUT2D eigenvalue weighted by Crippen LogP contribution is 2.29. The fraction of sp³-hybridized carbons (Fsp3) is 0.211. The van der Waals surface area contributed by atoms with Crippen molar-refractivity contribution in [3.05, 3.63) is 59.9 Å². The van der Waals surface area contributed by atoms with Crippen molar-refractivity contribution < 1.29 is 13.6 Å².